The van der Waals surface area contributed by atoms with E-state index in [4.69, 9.17) is 0 Å². The van der Waals surface area contributed by atoms with Gasteiger partial charge in [0.05, 0.1) is 16.7 Å². The number of carbonyl (C=O) groups is 2. The van der Waals surface area contributed by atoms with Crippen LogP contribution in [0.25, 0.3) is 0 Å². The monoisotopic (exact) mass is 398 g/mol. The number of hydrogen-bond donors (Lipinski definition) is 1. The van der Waals surface area contributed by atoms with E-state index >= 15 is 0 Å². The lowest BCUT2D eigenvalue weighted by molar-refractivity contribution is -0.193. The van der Waals surface area contributed by atoms with Crippen LogP contribution in [0.5, 0.6) is 0 Å². The first kappa shape index (κ1) is 19.6. The summed E-state index contributed by atoms with van der Waals surface area (Å²) in [6.45, 7) is 0. The summed E-state index contributed by atoms with van der Waals surface area (Å²) < 4.78 is 117. The van der Waals surface area contributed by atoms with E-state index in [1.54, 1.807) is 0 Å². The summed E-state index contributed by atoms with van der Waals surface area (Å²) in [6.07, 6.45) is -17.0. The van der Waals surface area contributed by atoms with Crippen LogP contribution in [0, 0.1) is 0 Å². The molecule has 0 saturated carbocycles. The number of halogens is 9. The number of carbonyl (C=O) groups excluding carboxylic acids is 2. The molecule has 0 atom stereocenters. The van der Waals surface area contributed by atoms with E-state index in [0.717, 1.165) is 5.59 Å². The summed E-state index contributed by atoms with van der Waals surface area (Å²) in [5.41, 5.74) is -8.04. The molecule has 1 aliphatic heterocycles. The summed E-state index contributed by atoms with van der Waals surface area (Å²) in [6, 6.07) is -1.23. The molecule has 6 nitrogen and oxygen atoms in total. The maximum atomic E-state index is 13.1. The molecule has 0 unspecified atom stereocenters. The molecule has 0 bridgehead atoms. The quantitative estimate of drug-likeness (QED) is 0.580. The van der Waals surface area contributed by atoms with Gasteiger partial charge >= 0.3 is 30.5 Å². The van der Waals surface area contributed by atoms with Gasteiger partial charge in [-0.2, -0.15) is 39.5 Å². The molecular formula is C11H3F9N2O4. The molecule has 1 aromatic carbocycles. The topological polar surface area (TPSA) is 67.9 Å². The van der Waals surface area contributed by atoms with Crippen LogP contribution < -0.4 is 10.8 Å². The molecule has 1 aromatic rings. The normalized spacial score (nSPS) is 16.4. The van der Waals surface area contributed by atoms with Crippen molar-refractivity contribution in [2.24, 2.45) is 0 Å². The third-order valence-electron chi connectivity index (χ3n) is 2.81. The molecule has 0 aromatic heterocycles. The molecule has 0 amide bonds. The van der Waals surface area contributed by atoms with E-state index in [1.165, 1.54) is 0 Å². The predicted octanol–water partition coefficient (Wildman–Crippen LogP) is 2.98. The zero-order valence-corrected chi connectivity index (χ0v) is 11.6. The number of hydrazine groups is 1. The smallest absolute Gasteiger partial charge is 0.338 e. The second-order valence-corrected chi connectivity index (χ2v) is 4.57. The minimum Gasteiger partial charge on any atom is -0.338 e. The number of alkyl halides is 9. The zero-order chi connectivity index (χ0) is 20.1. The van der Waals surface area contributed by atoms with E-state index in [-0.39, 0.29) is 0 Å². The number of nitrogens with zero attached hydrogens (tertiary/aromatic N) is 1. The van der Waals surface area contributed by atoms with Gasteiger partial charge in [0.25, 0.3) is 0 Å². The third kappa shape index (κ3) is 3.76. The fourth-order valence-electron chi connectivity index (χ4n) is 1.80. The fraction of sp³-hybridized carbons (Fsp3) is 0.273. The number of benzene rings is 1. The van der Waals surface area contributed by atoms with Gasteiger partial charge in [-0.15, -0.1) is 0 Å². The van der Waals surface area contributed by atoms with Gasteiger partial charge in [0.15, 0.2) is 0 Å². The highest BCUT2D eigenvalue weighted by molar-refractivity contribution is 6.30. The molecule has 1 N–H and O–H groups in total. The SMILES string of the molecule is O=C1ONN(c2c(C(F)(F)F)cc(C(F)(F)F)cc2C(F)(F)F)OC1=O. The fourth-order valence-corrected chi connectivity index (χ4v) is 1.80. The number of anilines is 1. The van der Waals surface area contributed by atoms with Gasteiger partial charge in [-0.05, 0) is 17.7 Å². The molecule has 0 aliphatic carbocycles. The van der Waals surface area contributed by atoms with Gasteiger partial charge in [0.2, 0.25) is 0 Å². The summed E-state index contributed by atoms with van der Waals surface area (Å²) in [5, 5.41) is -0.643. The van der Waals surface area contributed by atoms with Gasteiger partial charge in [0, 0.05) is 0 Å². The number of nitrogens with one attached hydrogen (secondary N) is 1. The molecule has 15 heteroatoms. The minimum atomic E-state index is -5.73. The average Bonchev–Trinajstić information content (AvgIpc) is 2.46. The van der Waals surface area contributed by atoms with Gasteiger partial charge < -0.3 is 9.68 Å². The van der Waals surface area contributed by atoms with Crippen molar-refractivity contribution in [3.05, 3.63) is 28.8 Å². The maximum absolute atomic E-state index is 13.1. The molecule has 26 heavy (non-hydrogen) atoms. The molecule has 0 radical (unpaired) electrons. The third-order valence-corrected chi connectivity index (χ3v) is 2.81. The summed E-state index contributed by atoms with van der Waals surface area (Å²) in [4.78, 5) is 29.5. The van der Waals surface area contributed by atoms with E-state index in [1.807, 2.05) is 0 Å². The van der Waals surface area contributed by atoms with Gasteiger partial charge in [-0.25, -0.2) is 9.59 Å². The highest BCUT2D eigenvalue weighted by atomic mass is 19.4. The zero-order valence-electron chi connectivity index (χ0n) is 11.6. The van der Waals surface area contributed by atoms with Crippen molar-refractivity contribution in [2.45, 2.75) is 18.5 Å². The van der Waals surface area contributed by atoms with Crippen molar-refractivity contribution >= 4 is 17.6 Å². The van der Waals surface area contributed by atoms with Crippen LogP contribution in [0.4, 0.5) is 45.2 Å². The first-order valence-electron chi connectivity index (χ1n) is 6.01. The largest absolute Gasteiger partial charge is 0.444 e. The van der Waals surface area contributed by atoms with Crippen LogP contribution in [0.15, 0.2) is 12.1 Å². The van der Waals surface area contributed by atoms with Crippen molar-refractivity contribution in [1.29, 1.82) is 0 Å². The van der Waals surface area contributed by atoms with Crippen LogP contribution in [0.2, 0.25) is 0 Å². The molecule has 1 saturated heterocycles. The van der Waals surface area contributed by atoms with Crippen LogP contribution in [0.1, 0.15) is 16.7 Å². The van der Waals surface area contributed by atoms with Crippen molar-refractivity contribution in [3.8, 4) is 0 Å². The Morgan fingerprint density at radius 2 is 1.23 bits per heavy atom. The van der Waals surface area contributed by atoms with E-state index in [9.17, 15) is 49.1 Å². The van der Waals surface area contributed by atoms with E-state index < -0.39 is 70.2 Å². The highest BCUT2D eigenvalue weighted by Crippen LogP contribution is 2.47. The predicted molar refractivity (Wildman–Crippen MR) is 59.2 cm³/mol. The van der Waals surface area contributed by atoms with Gasteiger partial charge in [-0.3, -0.25) is 0 Å². The highest BCUT2D eigenvalue weighted by Gasteiger charge is 2.48. The van der Waals surface area contributed by atoms with E-state index in [2.05, 4.69) is 9.68 Å². The Balaban J connectivity index is 2.79. The van der Waals surface area contributed by atoms with Crippen LogP contribution in [-0.4, -0.2) is 11.9 Å². The van der Waals surface area contributed by atoms with Gasteiger partial charge in [-0.1, -0.05) is 5.17 Å². The second kappa shape index (κ2) is 5.93. The lowest BCUT2D eigenvalue weighted by Gasteiger charge is -2.30. The van der Waals surface area contributed by atoms with Crippen molar-refractivity contribution < 1.29 is 58.8 Å². The number of hydrogen-bond acceptors (Lipinski definition) is 6. The molecule has 2 rings (SSSR count). The average molecular weight is 398 g/mol. The minimum absolute atomic E-state index is 0.615. The lowest BCUT2D eigenvalue weighted by atomic mass is 10.0. The van der Waals surface area contributed by atoms with Crippen molar-refractivity contribution in [3.63, 3.8) is 0 Å². The summed E-state index contributed by atoms with van der Waals surface area (Å²) in [7, 11) is 0. The van der Waals surface area contributed by atoms with Crippen LogP contribution in [-0.2, 0) is 37.8 Å². The first-order valence-corrected chi connectivity index (χ1v) is 6.01. The lowest BCUT2D eigenvalue weighted by Crippen LogP contribution is -2.50. The maximum Gasteiger partial charge on any atom is 0.444 e. The molecule has 1 aliphatic rings. The summed E-state index contributed by atoms with van der Waals surface area (Å²) >= 11 is 0. The van der Waals surface area contributed by atoms with E-state index in [0.29, 0.717) is 0 Å². The Morgan fingerprint density at radius 1 is 0.769 bits per heavy atom. The van der Waals surface area contributed by atoms with Crippen LogP contribution >= 0.6 is 0 Å². The molecule has 144 valence electrons. The van der Waals surface area contributed by atoms with Crippen LogP contribution in [0.3, 0.4) is 0 Å². The molecule has 0 spiro atoms. The standard InChI is InChI=1S/C11H3F9N2O4/c12-9(13,14)3-1-4(10(15,16)17)6(5(2-3)11(18,19)20)22-21-25-7(23)8(24)26-22/h1-2,21H. The number of rotatable bonds is 1. The first-order chi connectivity index (χ1) is 11.6. The molecule has 1 fully saturated rings. The molecular weight excluding hydrogens is 395 g/mol. The van der Waals surface area contributed by atoms with Crippen molar-refractivity contribution in [1.82, 2.24) is 5.59 Å². The molecule has 1 heterocycles. The Labute approximate surface area is 135 Å². The van der Waals surface area contributed by atoms with Gasteiger partial charge in [0.1, 0.15) is 5.69 Å². The Hall–Kier alpha value is -2.71. The summed E-state index contributed by atoms with van der Waals surface area (Å²) in [5.74, 6) is -3.82. The van der Waals surface area contributed by atoms with Crippen molar-refractivity contribution in [2.75, 3.05) is 5.17 Å². The Kier molecular flexibility index (Phi) is 4.47. The Morgan fingerprint density at radius 3 is 1.58 bits per heavy atom. The second-order valence-electron chi connectivity index (χ2n) is 4.57. The Bertz CT molecular complexity index is 718.